The van der Waals surface area contributed by atoms with E-state index in [1.165, 1.54) is 5.01 Å². The number of hydrogen-bond acceptors (Lipinski definition) is 3. The quantitative estimate of drug-likeness (QED) is 0.928. The van der Waals surface area contributed by atoms with Crippen molar-refractivity contribution in [1.82, 2.24) is 5.32 Å². The predicted octanol–water partition coefficient (Wildman–Crippen LogP) is 3.14. The van der Waals surface area contributed by atoms with Crippen molar-refractivity contribution in [2.75, 3.05) is 5.01 Å². The third-order valence-corrected chi connectivity index (χ3v) is 4.06. The number of halogens is 1. The zero-order valence-corrected chi connectivity index (χ0v) is 13.7. The third kappa shape index (κ3) is 3.63. The van der Waals surface area contributed by atoms with E-state index in [1.54, 1.807) is 18.2 Å². The molecule has 0 saturated carbocycles. The number of carbonyl (C=O) groups excluding carboxylic acids is 2. The van der Waals surface area contributed by atoms with Crippen molar-refractivity contribution in [3.8, 4) is 0 Å². The number of rotatable bonds is 4. The fourth-order valence-corrected chi connectivity index (χ4v) is 2.61. The highest BCUT2D eigenvalue weighted by atomic mass is 35.5. The highest BCUT2D eigenvalue weighted by Crippen LogP contribution is 2.20. The minimum atomic E-state index is -0.289. The Morgan fingerprint density at radius 2 is 1.79 bits per heavy atom. The summed E-state index contributed by atoms with van der Waals surface area (Å²) in [5, 5.41) is 8.91. The Kier molecular flexibility index (Phi) is 4.91. The van der Waals surface area contributed by atoms with E-state index >= 15 is 0 Å². The van der Waals surface area contributed by atoms with Gasteiger partial charge in [-0.25, -0.2) is 5.01 Å². The maximum Gasteiger partial charge on any atom is 0.267 e. The lowest BCUT2D eigenvalue weighted by Gasteiger charge is -2.23. The Labute approximate surface area is 144 Å². The Morgan fingerprint density at radius 1 is 1.08 bits per heavy atom. The maximum atomic E-state index is 12.3. The van der Waals surface area contributed by atoms with Gasteiger partial charge in [-0.3, -0.25) is 9.59 Å². The molecule has 1 heterocycles. The molecule has 1 aliphatic rings. The highest BCUT2D eigenvalue weighted by Gasteiger charge is 2.25. The normalized spacial score (nSPS) is 14.3. The van der Waals surface area contributed by atoms with Crippen LogP contribution in [-0.2, 0) is 16.1 Å². The molecule has 0 atom stereocenters. The van der Waals surface area contributed by atoms with Crippen LogP contribution in [0, 0.1) is 0 Å². The van der Waals surface area contributed by atoms with Gasteiger partial charge in [-0.05, 0) is 23.8 Å². The number of para-hydroxylation sites is 1. The highest BCUT2D eigenvalue weighted by molar-refractivity contribution is 6.40. The molecular formula is C18H16ClN3O2. The van der Waals surface area contributed by atoms with Crippen LogP contribution in [0.2, 0.25) is 5.02 Å². The van der Waals surface area contributed by atoms with Crippen LogP contribution < -0.4 is 10.3 Å². The number of benzene rings is 2. The van der Waals surface area contributed by atoms with Crippen molar-refractivity contribution in [1.29, 1.82) is 0 Å². The largest absolute Gasteiger partial charge is 0.347 e. The summed E-state index contributed by atoms with van der Waals surface area (Å²) in [7, 11) is 0. The number of hydrazone groups is 1. The summed E-state index contributed by atoms with van der Waals surface area (Å²) < 4.78 is 0. The van der Waals surface area contributed by atoms with Crippen LogP contribution in [0.4, 0.5) is 5.69 Å². The van der Waals surface area contributed by atoms with E-state index in [-0.39, 0.29) is 18.2 Å². The molecule has 2 amide bonds. The lowest BCUT2D eigenvalue weighted by molar-refractivity contribution is -0.119. The number of hydrogen-bond donors (Lipinski definition) is 1. The van der Waals surface area contributed by atoms with Crippen LogP contribution >= 0.6 is 11.6 Å². The zero-order chi connectivity index (χ0) is 16.9. The van der Waals surface area contributed by atoms with Gasteiger partial charge in [0.25, 0.3) is 5.91 Å². The Balaban J connectivity index is 1.72. The molecule has 1 N–H and O–H groups in total. The summed E-state index contributed by atoms with van der Waals surface area (Å²) >= 11 is 6.08. The number of amides is 2. The van der Waals surface area contributed by atoms with E-state index in [0.717, 1.165) is 5.56 Å². The molecular weight excluding hydrogens is 326 g/mol. The van der Waals surface area contributed by atoms with Gasteiger partial charge in [0.1, 0.15) is 5.71 Å². The summed E-state index contributed by atoms with van der Waals surface area (Å²) in [6, 6.07) is 16.4. The average Bonchev–Trinajstić information content (AvgIpc) is 2.62. The average molecular weight is 342 g/mol. The maximum absolute atomic E-state index is 12.3. The molecule has 5 nitrogen and oxygen atoms in total. The molecule has 6 heteroatoms. The van der Waals surface area contributed by atoms with E-state index in [1.807, 2.05) is 36.4 Å². The molecule has 1 aliphatic heterocycles. The van der Waals surface area contributed by atoms with Crippen molar-refractivity contribution >= 4 is 34.8 Å². The summed E-state index contributed by atoms with van der Waals surface area (Å²) in [5.41, 5.74) is 1.82. The van der Waals surface area contributed by atoms with Crippen LogP contribution in [-0.4, -0.2) is 17.5 Å². The second kappa shape index (κ2) is 7.27. The van der Waals surface area contributed by atoms with Crippen LogP contribution in [0.25, 0.3) is 0 Å². The Morgan fingerprint density at radius 3 is 2.54 bits per heavy atom. The van der Waals surface area contributed by atoms with E-state index in [9.17, 15) is 9.59 Å². The molecule has 0 bridgehead atoms. The number of nitrogens with zero attached hydrogens (tertiary/aromatic N) is 2. The lowest BCUT2D eigenvalue weighted by Crippen LogP contribution is -2.38. The van der Waals surface area contributed by atoms with Gasteiger partial charge >= 0.3 is 0 Å². The number of carbonyl (C=O) groups is 2. The van der Waals surface area contributed by atoms with Crippen LogP contribution in [0.1, 0.15) is 18.4 Å². The van der Waals surface area contributed by atoms with Crippen molar-refractivity contribution in [2.45, 2.75) is 19.4 Å². The predicted molar refractivity (Wildman–Crippen MR) is 93.9 cm³/mol. The van der Waals surface area contributed by atoms with E-state index in [0.29, 0.717) is 29.4 Å². The van der Waals surface area contributed by atoms with E-state index < -0.39 is 0 Å². The molecule has 122 valence electrons. The Hall–Kier alpha value is -2.66. The first-order chi connectivity index (χ1) is 11.6. The van der Waals surface area contributed by atoms with Gasteiger partial charge in [-0.15, -0.1) is 0 Å². The fourth-order valence-electron chi connectivity index (χ4n) is 2.41. The molecule has 0 saturated heterocycles. The number of nitrogens with one attached hydrogen (secondary N) is 1. The minimum Gasteiger partial charge on any atom is -0.347 e. The summed E-state index contributed by atoms with van der Waals surface area (Å²) in [6.45, 7) is 0.316. The zero-order valence-electron chi connectivity index (χ0n) is 12.9. The molecule has 0 unspecified atom stereocenters. The first-order valence-corrected chi connectivity index (χ1v) is 8.00. The molecule has 0 spiro atoms. The van der Waals surface area contributed by atoms with E-state index in [4.69, 9.17) is 11.6 Å². The van der Waals surface area contributed by atoms with Crippen molar-refractivity contribution in [3.63, 3.8) is 0 Å². The first kappa shape index (κ1) is 16.2. The molecule has 3 rings (SSSR count). The van der Waals surface area contributed by atoms with Crippen LogP contribution in [0.5, 0.6) is 0 Å². The van der Waals surface area contributed by atoms with Crippen LogP contribution in [0.3, 0.4) is 0 Å². The summed E-state index contributed by atoms with van der Waals surface area (Å²) in [5.74, 6) is -0.410. The number of anilines is 1. The van der Waals surface area contributed by atoms with Crippen LogP contribution in [0.15, 0.2) is 59.7 Å². The third-order valence-electron chi connectivity index (χ3n) is 3.69. The summed E-state index contributed by atoms with van der Waals surface area (Å²) in [6.07, 6.45) is 0.587. The lowest BCUT2D eigenvalue weighted by atomic mass is 10.1. The Bertz CT molecular complexity index is 790. The van der Waals surface area contributed by atoms with Gasteiger partial charge < -0.3 is 5.32 Å². The smallest absolute Gasteiger partial charge is 0.267 e. The van der Waals surface area contributed by atoms with Gasteiger partial charge in [0.05, 0.1) is 5.69 Å². The van der Waals surface area contributed by atoms with E-state index in [2.05, 4.69) is 10.4 Å². The topological polar surface area (TPSA) is 61.8 Å². The van der Waals surface area contributed by atoms with Crippen molar-refractivity contribution in [2.24, 2.45) is 5.10 Å². The van der Waals surface area contributed by atoms with Gasteiger partial charge in [0.15, 0.2) is 0 Å². The standard InChI is InChI=1S/C18H16ClN3O2/c19-15-9-5-4-6-13(15)12-20-18(24)16-10-11-17(23)22(21-16)14-7-2-1-3-8-14/h1-9H,10-12H2,(H,20,24). The first-order valence-electron chi connectivity index (χ1n) is 7.62. The molecule has 0 aliphatic carbocycles. The molecule has 0 radical (unpaired) electrons. The molecule has 2 aromatic carbocycles. The monoisotopic (exact) mass is 341 g/mol. The molecule has 0 aromatic heterocycles. The van der Waals surface area contributed by atoms with Crippen molar-refractivity contribution < 1.29 is 9.59 Å². The fraction of sp³-hybridized carbons (Fsp3) is 0.167. The van der Waals surface area contributed by atoms with Gasteiger partial charge in [-0.1, -0.05) is 48.0 Å². The SMILES string of the molecule is O=C(NCc1ccccc1Cl)C1=NN(c2ccccc2)C(=O)CC1. The summed E-state index contributed by atoms with van der Waals surface area (Å²) in [4.78, 5) is 24.4. The molecule has 2 aromatic rings. The second-order valence-electron chi connectivity index (χ2n) is 5.36. The molecule has 24 heavy (non-hydrogen) atoms. The van der Waals surface area contributed by atoms with Gasteiger partial charge in [-0.2, -0.15) is 5.10 Å². The molecule has 0 fully saturated rings. The minimum absolute atomic E-state index is 0.121. The van der Waals surface area contributed by atoms with Gasteiger partial charge in [0.2, 0.25) is 5.91 Å². The second-order valence-corrected chi connectivity index (χ2v) is 5.77. The van der Waals surface area contributed by atoms with Crippen molar-refractivity contribution in [3.05, 3.63) is 65.2 Å². The van der Waals surface area contributed by atoms with Gasteiger partial charge in [0, 0.05) is 24.4 Å².